The standard InChI is InChI=1S/C30H30Cl2N6O3/c1-40-29-22(28-33-11-12-34-28)9-10-23(36-29)20-7-3-5-18(26(20)31)19-6-4-8-21(27(19)32)24-13-35-25(30(37-24)41-2)16-38-14-17(39)15-38/h3,5,7-10,13,17,39H,4,6,11-12,14-16H2,1-2H3,(H,33,34). The van der Waals surface area contributed by atoms with Crippen molar-refractivity contribution in [3.05, 3.63) is 75.2 Å². The molecule has 0 saturated carbocycles. The number of nitrogens with zero attached hydrogens (tertiary/aromatic N) is 5. The van der Waals surface area contributed by atoms with Crippen LogP contribution >= 0.6 is 23.2 Å². The molecule has 0 bridgehead atoms. The van der Waals surface area contributed by atoms with Gasteiger partial charge in [-0.05, 0) is 36.1 Å². The zero-order valence-corrected chi connectivity index (χ0v) is 24.3. The molecule has 41 heavy (non-hydrogen) atoms. The smallest absolute Gasteiger partial charge is 0.237 e. The molecule has 3 aromatic rings. The van der Waals surface area contributed by atoms with Gasteiger partial charge in [-0.1, -0.05) is 47.5 Å². The van der Waals surface area contributed by atoms with Gasteiger partial charge in [0.1, 0.15) is 11.5 Å². The molecule has 2 N–H and O–H groups in total. The van der Waals surface area contributed by atoms with Crippen LogP contribution in [-0.4, -0.2) is 77.3 Å². The number of aliphatic hydroxyl groups excluding tert-OH is 1. The van der Waals surface area contributed by atoms with Crippen molar-refractivity contribution < 1.29 is 14.6 Å². The molecule has 2 aromatic heterocycles. The lowest BCUT2D eigenvalue weighted by Crippen LogP contribution is -2.50. The highest BCUT2D eigenvalue weighted by molar-refractivity contribution is 6.41. The number of halogens is 2. The van der Waals surface area contributed by atoms with E-state index in [1.54, 1.807) is 20.4 Å². The number of ether oxygens (including phenoxy) is 2. The number of benzene rings is 1. The molecule has 1 fully saturated rings. The Balaban J connectivity index is 1.32. The largest absolute Gasteiger partial charge is 0.480 e. The summed E-state index contributed by atoms with van der Waals surface area (Å²) < 4.78 is 11.2. The van der Waals surface area contributed by atoms with Crippen molar-refractivity contribution in [1.29, 1.82) is 0 Å². The number of aromatic nitrogens is 3. The van der Waals surface area contributed by atoms with Crippen LogP contribution in [0.25, 0.3) is 22.4 Å². The lowest BCUT2D eigenvalue weighted by atomic mass is 9.91. The van der Waals surface area contributed by atoms with E-state index >= 15 is 0 Å². The van der Waals surface area contributed by atoms with E-state index in [1.165, 1.54) is 0 Å². The highest BCUT2D eigenvalue weighted by atomic mass is 35.5. The minimum absolute atomic E-state index is 0.283. The second-order valence-corrected chi connectivity index (χ2v) is 10.8. The van der Waals surface area contributed by atoms with Gasteiger partial charge in [0, 0.05) is 37.3 Å². The van der Waals surface area contributed by atoms with E-state index in [0.717, 1.165) is 65.3 Å². The van der Waals surface area contributed by atoms with Gasteiger partial charge in [-0.3, -0.25) is 14.9 Å². The van der Waals surface area contributed by atoms with Crippen LogP contribution in [0.3, 0.4) is 0 Å². The van der Waals surface area contributed by atoms with Crippen LogP contribution in [0.2, 0.25) is 5.02 Å². The quantitative estimate of drug-likeness (QED) is 0.392. The number of hydrogen-bond donors (Lipinski definition) is 2. The van der Waals surface area contributed by atoms with Crippen LogP contribution < -0.4 is 14.8 Å². The van der Waals surface area contributed by atoms with Crippen molar-refractivity contribution in [1.82, 2.24) is 25.2 Å². The summed E-state index contributed by atoms with van der Waals surface area (Å²) in [5.74, 6) is 1.72. The van der Waals surface area contributed by atoms with E-state index in [-0.39, 0.29) is 6.10 Å². The van der Waals surface area contributed by atoms with Crippen LogP contribution in [0.1, 0.15) is 35.4 Å². The van der Waals surface area contributed by atoms with Crippen molar-refractivity contribution in [2.24, 2.45) is 4.99 Å². The number of rotatable bonds is 8. The van der Waals surface area contributed by atoms with Crippen molar-refractivity contribution >= 4 is 40.2 Å². The third kappa shape index (κ3) is 5.42. The Bertz CT molecular complexity index is 1580. The number of nitrogens with one attached hydrogen (secondary N) is 1. The second-order valence-electron chi connectivity index (χ2n) is 10.1. The van der Waals surface area contributed by atoms with Crippen LogP contribution in [0.5, 0.6) is 11.8 Å². The van der Waals surface area contributed by atoms with Crippen LogP contribution in [0.15, 0.2) is 52.6 Å². The Hall–Kier alpha value is -3.50. The topological polar surface area (TPSA) is 105 Å². The number of likely N-dealkylation sites (tertiary alicyclic amines) is 1. The zero-order chi connectivity index (χ0) is 28.5. The molecule has 0 atom stereocenters. The number of hydrogen-bond acceptors (Lipinski definition) is 9. The first-order chi connectivity index (χ1) is 20.0. The summed E-state index contributed by atoms with van der Waals surface area (Å²) in [5.41, 5.74) is 6.22. The maximum atomic E-state index is 9.60. The molecule has 2 aliphatic heterocycles. The maximum Gasteiger partial charge on any atom is 0.237 e. The van der Waals surface area contributed by atoms with Crippen LogP contribution in [0, 0.1) is 0 Å². The molecule has 0 unspecified atom stereocenters. The molecule has 4 heterocycles. The number of methoxy groups -OCH3 is 2. The summed E-state index contributed by atoms with van der Waals surface area (Å²) >= 11 is 14.1. The highest BCUT2D eigenvalue weighted by Gasteiger charge is 2.27. The van der Waals surface area contributed by atoms with Gasteiger partial charge >= 0.3 is 0 Å². The summed E-state index contributed by atoms with van der Waals surface area (Å²) in [5, 5.41) is 14.0. The molecule has 9 nitrogen and oxygen atoms in total. The van der Waals surface area contributed by atoms with Gasteiger partial charge in [0.05, 0.1) is 60.1 Å². The predicted molar refractivity (Wildman–Crippen MR) is 160 cm³/mol. The summed E-state index contributed by atoms with van der Waals surface area (Å²) in [7, 11) is 3.18. The molecule has 1 aromatic carbocycles. The first-order valence-corrected chi connectivity index (χ1v) is 14.2. The average Bonchev–Trinajstić information content (AvgIpc) is 3.52. The Morgan fingerprint density at radius 1 is 1.00 bits per heavy atom. The van der Waals surface area contributed by atoms with Gasteiger partial charge in [-0.2, -0.15) is 0 Å². The fraction of sp³-hybridized carbons (Fsp3) is 0.333. The Labute approximate surface area is 248 Å². The highest BCUT2D eigenvalue weighted by Crippen LogP contribution is 2.43. The van der Waals surface area contributed by atoms with Gasteiger partial charge < -0.3 is 19.9 Å². The zero-order valence-electron chi connectivity index (χ0n) is 22.8. The normalized spacial score (nSPS) is 17.6. The van der Waals surface area contributed by atoms with Gasteiger partial charge in [0.25, 0.3) is 0 Å². The Kier molecular flexibility index (Phi) is 7.94. The Morgan fingerprint density at radius 3 is 2.51 bits per heavy atom. The fourth-order valence-electron chi connectivity index (χ4n) is 5.34. The number of β-amino-alcohol motifs (C(OH)–C–C–N with tert-alkyl or cyclic N) is 1. The molecule has 3 aliphatic rings. The molecule has 6 rings (SSSR count). The lowest BCUT2D eigenvalue weighted by Gasteiger charge is -2.35. The minimum Gasteiger partial charge on any atom is -0.480 e. The van der Waals surface area contributed by atoms with E-state index < -0.39 is 0 Å². The molecule has 11 heteroatoms. The number of pyridine rings is 1. The molecule has 1 saturated heterocycles. The summed E-state index contributed by atoms with van der Waals surface area (Å²) in [4.78, 5) is 20.7. The van der Waals surface area contributed by atoms with Crippen LogP contribution in [0.4, 0.5) is 0 Å². The maximum absolute atomic E-state index is 9.60. The van der Waals surface area contributed by atoms with E-state index in [9.17, 15) is 5.11 Å². The number of aliphatic hydroxyl groups is 1. The minimum atomic E-state index is -0.283. The molecule has 1 aliphatic carbocycles. The first kappa shape index (κ1) is 27.7. The summed E-state index contributed by atoms with van der Waals surface area (Å²) in [6.07, 6.45) is 5.02. The van der Waals surface area contributed by atoms with Crippen LogP contribution in [-0.2, 0) is 6.54 Å². The third-order valence-corrected chi connectivity index (χ3v) is 8.26. The molecule has 0 radical (unpaired) electrons. The fourth-order valence-corrected chi connectivity index (χ4v) is 6.05. The van der Waals surface area contributed by atoms with E-state index in [2.05, 4.69) is 26.3 Å². The number of aliphatic imine (C=N–C) groups is 1. The van der Waals surface area contributed by atoms with E-state index in [0.29, 0.717) is 52.8 Å². The predicted octanol–water partition coefficient (Wildman–Crippen LogP) is 4.56. The van der Waals surface area contributed by atoms with Gasteiger partial charge in [-0.25, -0.2) is 9.97 Å². The summed E-state index contributed by atoms with van der Waals surface area (Å²) in [6.45, 7) is 3.33. The second kappa shape index (κ2) is 11.8. The van der Waals surface area contributed by atoms with Crippen molar-refractivity contribution in [3.8, 4) is 23.0 Å². The number of allylic oxidation sites excluding steroid dienone is 4. The third-order valence-electron chi connectivity index (χ3n) is 7.42. The Morgan fingerprint density at radius 2 is 1.78 bits per heavy atom. The molecular formula is C30H30Cl2N6O3. The number of amidine groups is 1. The average molecular weight is 594 g/mol. The first-order valence-electron chi connectivity index (χ1n) is 13.5. The molecular weight excluding hydrogens is 563 g/mol. The van der Waals surface area contributed by atoms with Gasteiger partial charge in [0.15, 0.2) is 0 Å². The molecule has 212 valence electrons. The summed E-state index contributed by atoms with van der Waals surface area (Å²) in [6, 6.07) is 9.76. The SMILES string of the molecule is COc1nc(-c2cccc(C3=C(Cl)C(c4cnc(CN5CC(O)C5)c(OC)n4)=CCC3)c2Cl)ccc1C1=NCCN1. The van der Waals surface area contributed by atoms with Crippen molar-refractivity contribution in [3.63, 3.8) is 0 Å². The van der Waals surface area contributed by atoms with E-state index in [1.807, 2.05) is 30.3 Å². The van der Waals surface area contributed by atoms with Crippen molar-refractivity contribution in [2.45, 2.75) is 25.5 Å². The molecule has 0 spiro atoms. The molecule has 0 amide bonds. The van der Waals surface area contributed by atoms with Crippen molar-refractivity contribution in [2.75, 3.05) is 40.4 Å². The van der Waals surface area contributed by atoms with Gasteiger partial charge in [-0.15, -0.1) is 0 Å². The monoisotopic (exact) mass is 592 g/mol. The van der Waals surface area contributed by atoms with E-state index in [4.69, 9.17) is 42.6 Å². The van der Waals surface area contributed by atoms with Gasteiger partial charge in [0.2, 0.25) is 11.8 Å². The lowest BCUT2D eigenvalue weighted by molar-refractivity contribution is -0.00403.